The van der Waals surface area contributed by atoms with Crippen LogP contribution in [-0.4, -0.2) is 93.7 Å². The molecule has 3 N–H and O–H groups in total. The lowest BCUT2D eigenvalue weighted by Gasteiger charge is -2.41. The van der Waals surface area contributed by atoms with Gasteiger partial charge < -0.3 is 39.0 Å². The molecule has 0 unspecified atom stereocenters. The van der Waals surface area contributed by atoms with Gasteiger partial charge in [-0.1, -0.05) is 49.2 Å². The van der Waals surface area contributed by atoms with Crippen molar-refractivity contribution in [3.05, 3.63) is 46.5 Å². The maximum Gasteiger partial charge on any atom is 0.409 e. The number of carbonyl (C=O) groups excluding carboxylic acids is 3. The van der Waals surface area contributed by atoms with Crippen LogP contribution in [-0.2, 0) is 35.0 Å². The number of hydrogen-bond donors (Lipinski definition) is 3. The summed E-state index contributed by atoms with van der Waals surface area (Å²) in [6.07, 6.45) is 3.13. The van der Waals surface area contributed by atoms with Crippen LogP contribution in [0.5, 0.6) is 5.75 Å². The molecular formula is C33H48ClN3O9. The highest BCUT2D eigenvalue weighted by Gasteiger charge is 2.51. The molecule has 1 aromatic rings. The van der Waals surface area contributed by atoms with Crippen molar-refractivity contribution in [2.24, 2.45) is 5.92 Å². The first kappa shape index (κ1) is 37.3. The summed E-state index contributed by atoms with van der Waals surface area (Å²) >= 11 is 6.66. The van der Waals surface area contributed by atoms with Gasteiger partial charge in [-0.25, -0.2) is 4.79 Å². The van der Waals surface area contributed by atoms with Gasteiger partial charge >= 0.3 is 12.1 Å². The summed E-state index contributed by atoms with van der Waals surface area (Å²) in [5.74, 6) is -0.358. The predicted molar refractivity (Wildman–Crippen MR) is 174 cm³/mol. The van der Waals surface area contributed by atoms with E-state index in [-0.39, 0.29) is 29.7 Å². The standard InChI is InChI=1S/C33H48ClN3O9/c1-19(2)25-17-33(41,36-31(40)45-25)26(43-9)12-10-11-20(3)13-22-14-23(29(34)24(15-22)42-8)37(7)28(38)16-27(32(5)18-44-32)46-30(39)21(4)35-6/h10-12,14-15,19,21,25-27,35,41H,13,16-18H2,1-9H3,(H,36,40)/b12-10+,20-11+/t21-,25+,26-,27+,32-,33+/m1/s1. The highest BCUT2D eigenvalue weighted by atomic mass is 35.5. The molecule has 2 heterocycles. The topological polar surface area (TPSA) is 148 Å². The van der Waals surface area contributed by atoms with E-state index in [1.807, 2.05) is 32.9 Å². The number of nitrogens with one attached hydrogen (secondary N) is 2. The number of amides is 2. The molecular weight excluding hydrogens is 618 g/mol. The Morgan fingerprint density at radius 1 is 1.28 bits per heavy atom. The van der Waals surface area contributed by atoms with Crippen molar-refractivity contribution in [3.8, 4) is 5.75 Å². The van der Waals surface area contributed by atoms with E-state index >= 15 is 0 Å². The van der Waals surface area contributed by atoms with Gasteiger partial charge in [0.1, 0.15) is 40.7 Å². The number of rotatable bonds is 15. The molecule has 2 amide bonds. The highest BCUT2D eigenvalue weighted by molar-refractivity contribution is 6.35. The van der Waals surface area contributed by atoms with Gasteiger partial charge in [0.2, 0.25) is 5.91 Å². The number of carbonyl (C=O) groups is 3. The number of likely N-dealkylation sites (N-methyl/N-ethyl adjacent to an activating group) is 1. The fourth-order valence-corrected chi connectivity index (χ4v) is 5.35. The van der Waals surface area contributed by atoms with Crippen LogP contribution in [0.3, 0.4) is 0 Å². The summed E-state index contributed by atoms with van der Waals surface area (Å²) in [4.78, 5) is 39.5. The minimum absolute atomic E-state index is 0.0263. The molecule has 2 aliphatic heterocycles. The molecule has 0 saturated carbocycles. The Morgan fingerprint density at radius 3 is 2.52 bits per heavy atom. The quantitative estimate of drug-likeness (QED) is 0.143. The van der Waals surface area contributed by atoms with Gasteiger partial charge in [0.15, 0.2) is 5.72 Å². The van der Waals surface area contributed by atoms with E-state index in [1.54, 1.807) is 46.2 Å². The molecule has 2 aliphatic rings. The third-order valence-electron chi connectivity index (χ3n) is 8.43. The Bertz CT molecular complexity index is 1330. The highest BCUT2D eigenvalue weighted by Crippen LogP contribution is 2.38. The van der Waals surface area contributed by atoms with Crippen LogP contribution in [0.2, 0.25) is 5.02 Å². The molecule has 256 valence electrons. The minimum Gasteiger partial charge on any atom is -0.495 e. The average Bonchev–Trinajstić information content (AvgIpc) is 3.76. The molecule has 2 fully saturated rings. The Labute approximate surface area is 276 Å². The first-order valence-electron chi connectivity index (χ1n) is 15.3. The molecule has 0 bridgehead atoms. The third-order valence-corrected chi connectivity index (χ3v) is 8.81. The Balaban J connectivity index is 1.76. The van der Waals surface area contributed by atoms with E-state index in [9.17, 15) is 19.5 Å². The second kappa shape index (κ2) is 15.6. The minimum atomic E-state index is -1.63. The predicted octanol–water partition coefficient (Wildman–Crippen LogP) is 3.91. The number of epoxide rings is 1. The van der Waals surface area contributed by atoms with Gasteiger partial charge in [-0.15, -0.1) is 0 Å². The van der Waals surface area contributed by atoms with E-state index in [4.69, 9.17) is 35.3 Å². The van der Waals surface area contributed by atoms with Gasteiger partial charge in [-0.2, -0.15) is 0 Å². The molecule has 0 spiro atoms. The Kier molecular flexibility index (Phi) is 12.7. The third kappa shape index (κ3) is 9.22. The molecule has 2 saturated heterocycles. The van der Waals surface area contributed by atoms with Crippen molar-refractivity contribution in [2.45, 2.75) is 89.6 Å². The van der Waals surface area contributed by atoms with Gasteiger partial charge in [0, 0.05) is 20.6 Å². The van der Waals surface area contributed by atoms with Crippen LogP contribution in [0.25, 0.3) is 0 Å². The summed E-state index contributed by atoms with van der Waals surface area (Å²) in [6.45, 7) is 9.64. The second-order valence-corrected chi connectivity index (χ2v) is 12.9. The lowest BCUT2D eigenvalue weighted by molar-refractivity contribution is -0.155. The maximum atomic E-state index is 13.5. The van der Waals surface area contributed by atoms with Crippen molar-refractivity contribution in [2.75, 3.05) is 39.8 Å². The number of ether oxygens (including phenoxy) is 5. The molecule has 0 radical (unpaired) electrons. The summed E-state index contributed by atoms with van der Waals surface area (Å²) in [5.41, 5.74) is -0.139. The number of hydrogen-bond acceptors (Lipinski definition) is 10. The SMILES string of the molecule is CN[C@H](C)C(=O)O[C@@H](CC(=O)N(C)c1cc(C/C(C)=C/C=C/[C@@H](OC)[C@@]2(O)C[C@@H](C(C)C)OC(=O)N2)cc(OC)c1Cl)[C@@]1(C)CO1. The van der Waals surface area contributed by atoms with E-state index in [0.29, 0.717) is 24.5 Å². The van der Waals surface area contributed by atoms with Gasteiger partial charge in [-0.3, -0.25) is 14.9 Å². The number of aliphatic hydroxyl groups is 1. The van der Waals surface area contributed by atoms with Crippen molar-refractivity contribution in [3.63, 3.8) is 0 Å². The number of halogens is 1. The second-order valence-electron chi connectivity index (χ2n) is 12.5. The monoisotopic (exact) mass is 665 g/mol. The van der Waals surface area contributed by atoms with Gasteiger partial charge in [0.05, 0.1) is 25.8 Å². The largest absolute Gasteiger partial charge is 0.495 e. The number of esters is 1. The number of cyclic esters (lactones) is 1. The van der Waals surface area contributed by atoms with E-state index in [2.05, 4.69) is 10.6 Å². The van der Waals surface area contributed by atoms with Crippen molar-refractivity contribution in [1.29, 1.82) is 0 Å². The van der Waals surface area contributed by atoms with Crippen molar-refractivity contribution in [1.82, 2.24) is 10.6 Å². The molecule has 0 aliphatic carbocycles. The fourth-order valence-electron chi connectivity index (χ4n) is 5.04. The molecule has 0 aromatic heterocycles. The summed E-state index contributed by atoms with van der Waals surface area (Å²) in [5, 5.41) is 16.8. The summed E-state index contributed by atoms with van der Waals surface area (Å²) in [6, 6.07) is 3.08. The zero-order chi connectivity index (χ0) is 34.4. The van der Waals surface area contributed by atoms with Crippen LogP contribution in [0.1, 0.15) is 53.0 Å². The number of benzene rings is 1. The Hall–Kier alpha value is -3.16. The molecule has 1 aromatic carbocycles. The first-order chi connectivity index (χ1) is 21.6. The molecule has 46 heavy (non-hydrogen) atoms. The number of methoxy groups -OCH3 is 2. The summed E-state index contributed by atoms with van der Waals surface area (Å²) < 4.78 is 27.5. The fraction of sp³-hybridized carbons (Fsp3) is 0.606. The van der Waals surface area contributed by atoms with E-state index in [1.165, 1.54) is 19.1 Å². The van der Waals surface area contributed by atoms with Gasteiger partial charge in [-0.05, 0) is 57.9 Å². The lowest BCUT2D eigenvalue weighted by atomic mass is 9.91. The lowest BCUT2D eigenvalue weighted by Crippen LogP contribution is -2.63. The molecule has 12 nitrogen and oxygen atoms in total. The van der Waals surface area contributed by atoms with Crippen molar-refractivity contribution < 1.29 is 43.2 Å². The average molecular weight is 666 g/mol. The van der Waals surface area contributed by atoms with Gasteiger partial charge in [0.25, 0.3) is 0 Å². The molecule has 13 heteroatoms. The normalized spacial score (nSPS) is 25.0. The number of nitrogens with zero attached hydrogens (tertiary/aromatic N) is 1. The van der Waals surface area contributed by atoms with Crippen LogP contribution >= 0.6 is 11.6 Å². The number of alkyl carbamates (subject to hydrolysis) is 1. The van der Waals surface area contributed by atoms with E-state index in [0.717, 1.165) is 11.1 Å². The summed E-state index contributed by atoms with van der Waals surface area (Å²) in [7, 11) is 6.22. The van der Waals surface area contributed by atoms with Crippen LogP contribution in [0.4, 0.5) is 10.5 Å². The van der Waals surface area contributed by atoms with Crippen LogP contribution in [0, 0.1) is 5.92 Å². The smallest absolute Gasteiger partial charge is 0.409 e. The van der Waals surface area contributed by atoms with Crippen LogP contribution < -0.4 is 20.3 Å². The maximum absolute atomic E-state index is 13.5. The first-order valence-corrected chi connectivity index (χ1v) is 15.7. The zero-order valence-corrected chi connectivity index (χ0v) is 28.9. The zero-order valence-electron chi connectivity index (χ0n) is 28.1. The molecule has 3 rings (SSSR count). The number of anilines is 1. The number of allylic oxidation sites excluding steroid dienone is 3. The Morgan fingerprint density at radius 2 is 1.96 bits per heavy atom. The van der Waals surface area contributed by atoms with E-state index < -0.39 is 47.7 Å². The van der Waals surface area contributed by atoms with Crippen LogP contribution in [0.15, 0.2) is 35.9 Å². The van der Waals surface area contributed by atoms with Crippen molar-refractivity contribution >= 4 is 35.3 Å². The molecule has 6 atom stereocenters.